The van der Waals surface area contributed by atoms with Crippen molar-refractivity contribution < 1.29 is 17.9 Å². The van der Waals surface area contributed by atoms with E-state index < -0.39 is 27.2 Å². The van der Waals surface area contributed by atoms with Crippen molar-refractivity contribution in [3.05, 3.63) is 34.1 Å². The second-order valence-electron chi connectivity index (χ2n) is 3.40. The highest BCUT2D eigenvalue weighted by Gasteiger charge is 2.28. The molecule has 0 radical (unpaired) electrons. The summed E-state index contributed by atoms with van der Waals surface area (Å²) < 4.78 is 35.9. The maximum atomic E-state index is 13.4. The SMILES string of the molecule is C[C@@H]([C@@H](O)c1ccc(Br)cc1F)S(N)(=O)=O. The molecule has 0 unspecified atom stereocenters. The molecule has 0 saturated heterocycles. The van der Waals surface area contributed by atoms with Crippen LogP contribution < -0.4 is 5.14 Å². The number of nitrogens with two attached hydrogens (primary N) is 1. The lowest BCUT2D eigenvalue weighted by atomic mass is 10.1. The fraction of sp³-hybridized carbons (Fsp3) is 0.333. The van der Waals surface area contributed by atoms with Gasteiger partial charge in [-0.1, -0.05) is 22.0 Å². The number of aliphatic hydroxyl groups excluding tert-OH is 1. The molecule has 0 aliphatic carbocycles. The van der Waals surface area contributed by atoms with E-state index in [4.69, 9.17) is 5.14 Å². The quantitative estimate of drug-likeness (QED) is 0.883. The number of benzene rings is 1. The van der Waals surface area contributed by atoms with Gasteiger partial charge in [-0.15, -0.1) is 0 Å². The van der Waals surface area contributed by atoms with Gasteiger partial charge in [-0.2, -0.15) is 0 Å². The van der Waals surface area contributed by atoms with Crippen molar-refractivity contribution in [2.24, 2.45) is 5.14 Å². The van der Waals surface area contributed by atoms with E-state index in [0.717, 1.165) is 6.07 Å². The van der Waals surface area contributed by atoms with Crippen molar-refractivity contribution >= 4 is 26.0 Å². The molecular weight excluding hydrogens is 301 g/mol. The van der Waals surface area contributed by atoms with Crippen LogP contribution in [-0.2, 0) is 10.0 Å². The van der Waals surface area contributed by atoms with E-state index in [1.165, 1.54) is 19.1 Å². The summed E-state index contributed by atoms with van der Waals surface area (Å²) in [5, 5.41) is 13.3. The van der Waals surface area contributed by atoms with E-state index in [2.05, 4.69) is 15.9 Å². The average Bonchev–Trinajstić information content (AvgIpc) is 2.14. The highest BCUT2D eigenvalue weighted by Crippen LogP contribution is 2.25. The fourth-order valence-corrected chi connectivity index (χ4v) is 2.01. The van der Waals surface area contributed by atoms with Crippen molar-refractivity contribution in [2.75, 3.05) is 0 Å². The van der Waals surface area contributed by atoms with E-state index in [-0.39, 0.29) is 5.56 Å². The molecular formula is C9H11BrFNO3S. The molecule has 16 heavy (non-hydrogen) atoms. The van der Waals surface area contributed by atoms with Crippen molar-refractivity contribution in [3.63, 3.8) is 0 Å². The molecule has 4 nitrogen and oxygen atoms in total. The lowest BCUT2D eigenvalue weighted by Gasteiger charge is -2.17. The van der Waals surface area contributed by atoms with Gasteiger partial charge in [0.05, 0.1) is 6.10 Å². The summed E-state index contributed by atoms with van der Waals surface area (Å²) >= 11 is 3.06. The summed E-state index contributed by atoms with van der Waals surface area (Å²) in [4.78, 5) is 0. The Morgan fingerprint density at radius 1 is 1.50 bits per heavy atom. The van der Waals surface area contributed by atoms with Crippen molar-refractivity contribution in [2.45, 2.75) is 18.3 Å². The molecule has 0 spiro atoms. The van der Waals surface area contributed by atoms with Crippen molar-refractivity contribution in [3.8, 4) is 0 Å². The Morgan fingerprint density at radius 3 is 2.50 bits per heavy atom. The molecule has 0 aliphatic rings. The molecule has 0 saturated carbocycles. The van der Waals surface area contributed by atoms with E-state index in [0.29, 0.717) is 4.47 Å². The van der Waals surface area contributed by atoms with Crippen LogP contribution >= 0.6 is 15.9 Å². The number of hydrogen-bond acceptors (Lipinski definition) is 3. The van der Waals surface area contributed by atoms with Gasteiger partial charge in [-0.05, 0) is 19.1 Å². The zero-order chi connectivity index (χ0) is 12.5. The second kappa shape index (κ2) is 4.79. The maximum Gasteiger partial charge on any atom is 0.214 e. The molecule has 0 amide bonds. The van der Waals surface area contributed by atoms with Crippen LogP contribution in [0.2, 0.25) is 0 Å². The minimum atomic E-state index is -3.91. The molecule has 0 fully saturated rings. The topological polar surface area (TPSA) is 80.4 Å². The van der Waals surface area contributed by atoms with Crippen molar-refractivity contribution in [1.82, 2.24) is 0 Å². The Bertz CT molecular complexity index is 492. The van der Waals surface area contributed by atoms with Gasteiger partial charge in [-0.3, -0.25) is 0 Å². The van der Waals surface area contributed by atoms with Crippen LogP contribution in [0.3, 0.4) is 0 Å². The van der Waals surface area contributed by atoms with Gasteiger partial charge >= 0.3 is 0 Å². The first kappa shape index (κ1) is 13.6. The summed E-state index contributed by atoms with van der Waals surface area (Å²) in [6.07, 6.45) is -1.48. The zero-order valence-corrected chi connectivity index (χ0v) is 10.8. The van der Waals surface area contributed by atoms with E-state index in [9.17, 15) is 17.9 Å². The molecule has 1 rings (SSSR count). The minimum Gasteiger partial charge on any atom is -0.387 e. The largest absolute Gasteiger partial charge is 0.387 e. The molecule has 0 bridgehead atoms. The van der Waals surface area contributed by atoms with Gasteiger partial charge in [0.1, 0.15) is 11.1 Å². The Kier molecular flexibility index (Phi) is 4.06. The zero-order valence-electron chi connectivity index (χ0n) is 8.39. The normalized spacial score (nSPS) is 15.8. The number of halogens is 2. The van der Waals surface area contributed by atoms with E-state index in [1.807, 2.05) is 0 Å². The molecule has 0 heterocycles. The first-order valence-electron chi connectivity index (χ1n) is 4.38. The molecule has 90 valence electrons. The van der Waals surface area contributed by atoms with Crippen LogP contribution in [0.25, 0.3) is 0 Å². The highest BCUT2D eigenvalue weighted by atomic mass is 79.9. The Hall–Kier alpha value is -0.500. The fourth-order valence-electron chi connectivity index (χ4n) is 1.17. The monoisotopic (exact) mass is 311 g/mol. The van der Waals surface area contributed by atoms with E-state index in [1.54, 1.807) is 0 Å². The summed E-state index contributed by atoms with van der Waals surface area (Å²) in [5.41, 5.74) is -0.0928. The molecule has 7 heteroatoms. The summed E-state index contributed by atoms with van der Waals surface area (Å²) in [6, 6.07) is 3.97. The van der Waals surface area contributed by atoms with Crippen LogP contribution in [0.1, 0.15) is 18.6 Å². The molecule has 2 atom stereocenters. The van der Waals surface area contributed by atoms with Gasteiger partial charge in [0.2, 0.25) is 10.0 Å². The van der Waals surface area contributed by atoms with Crippen LogP contribution in [0.4, 0.5) is 4.39 Å². The molecule has 0 aliphatic heterocycles. The Morgan fingerprint density at radius 2 is 2.06 bits per heavy atom. The molecule has 0 aromatic heterocycles. The molecule has 1 aromatic carbocycles. The Balaban J connectivity index is 3.10. The van der Waals surface area contributed by atoms with Gasteiger partial charge in [0.15, 0.2) is 0 Å². The summed E-state index contributed by atoms with van der Waals surface area (Å²) in [7, 11) is -3.91. The average molecular weight is 312 g/mol. The molecule has 1 aromatic rings. The summed E-state index contributed by atoms with van der Waals surface area (Å²) in [5.74, 6) is -0.683. The molecule has 3 N–H and O–H groups in total. The van der Waals surface area contributed by atoms with Crippen molar-refractivity contribution in [1.29, 1.82) is 0 Å². The third-order valence-corrected chi connectivity index (χ3v) is 4.03. The van der Waals surface area contributed by atoms with Crippen LogP contribution in [-0.4, -0.2) is 18.8 Å². The third-order valence-electron chi connectivity index (χ3n) is 2.24. The van der Waals surface area contributed by atoms with Crippen LogP contribution in [0, 0.1) is 5.82 Å². The van der Waals surface area contributed by atoms with E-state index >= 15 is 0 Å². The predicted octanol–water partition coefficient (Wildman–Crippen LogP) is 1.30. The van der Waals surface area contributed by atoms with Gasteiger partial charge in [0, 0.05) is 10.0 Å². The lowest BCUT2D eigenvalue weighted by molar-refractivity contribution is 0.171. The summed E-state index contributed by atoms with van der Waals surface area (Å²) in [6.45, 7) is 1.22. The highest BCUT2D eigenvalue weighted by molar-refractivity contribution is 9.10. The first-order chi connectivity index (χ1) is 7.23. The lowest BCUT2D eigenvalue weighted by Crippen LogP contribution is -2.31. The Labute approximate surface area is 101 Å². The number of rotatable bonds is 3. The van der Waals surface area contributed by atoms with Gasteiger partial charge < -0.3 is 5.11 Å². The number of aliphatic hydroxyl groups is 1. The number of sulfonamides is 1. The van der Waals surface area contributed by atoms with Gasteiger partial charge in [-0.25, -0.2) is 17.9 Å². The van der Waals surface area contributed by atoms with Crippen LogP contribution in [0.5, 0.6) is 0 Å². The first-order valence-corrected chi connectivity index (χ1v) is 6.78. The van der Waals surface area contributed by atoms with Crippen LogP contribution in [0.15, 0.2) is 22.7 Å². The smallest absolute Gasteiger partial charge is 0.214 e. The number of hydrogen-bond donors (Lipinski definition) is 2. The maximum absolute atomic E-state index is 13.4. The number of primary sulfonamides is 1. The standard InChI is InChI=1S/C9H11BrFNO3S/c1-5(16(12,14)15)9(13)7-3-2-6(10)4-8(7)11/h2-5,9,13H,1H3,(H2,12,14,15)/t5-,9+/m0/s1. The minimum absolute atomic E-state index is 0.0928. The predicted molar refractivity (Wildman–Crippen MR) is 61.6 cm³/mol. The van der Waals surface area contributed by atoms with Gasteiger partial charge in [0.25, 0.3) is 0 Å². The third kappa shape index (κ3) is 3.00. The second-order valence-corrected chi connectivity index (χ2v) is 6.24.